The van der Waals surface area contributed by atoms with Gasteiger partial charge in [0.2, 0.25) is 0 Å². The summed E-state index contributed by atoms with van der Waals surface area (Å²) in [5.74, 6) is 1.83. The number of nitrogens with one attached hydrogen (secondary N) is 1. The molecule has 0 radical (unpaired) electrons. The molecule has 0 bridgehead atoms. The van der Waals surface area contributed by atoms with Gasteiger partial charge in [-0.2, -0.15) is 0 Å². The van der Waals surface area contributed by atoms with Gasteiger partial charge in [-0.05, 0) is 24.8 Å². The molecular formula is C16H26N2O2. The molecule has 1 aliphatic carbocycles. The SMILES string of the molecule is CC(NC(=O)c1coc(CN)c1)C(C)C1CCCCC1. The molecule has 2 rings (SSSR count). The normalized spacial score (nSPS) is 19.6. The molecule has 0 aromatic carbocycles. The molecule has 1 aromatic rings. The third-order valence-electron chi connectivity index (χ3n) is 4.66. The van der Waals surface area contributed by atoms with Crippen LogP contribution in [0.3, 0.4) is 0 Å². The molecule has 1 fully saturated rings. The van der Waals surface area contributed by atoms with Gasteiger partial charge in [0.1, 0.15) is 12.0 Å². The zero-order valence-corrected chi connectivity index (χ0v) is 12.5. The maximum absolute atomic E-state index is 12.2. The summed E-state index contributed by atoms with van der Waals surface area (Å²) in [6, 6.07) is 1.90. The van der Waals surface area contributed by atoms with Gasteiger partial charge < -0.3 is 15.5 Å². The van der Waals surface area contributed by atoms with Gasteiger partial charge in [0, 0.05) is 6.04 Å². The van der Waals surface area contributed by atoms with Crippen LogP contribution in [-0.4, -0.2) is 11.9 Å². The van der Waals surface area contributed by atoms with Gasteiger partial charge in [-0.3, -0.25) is 4.79 Å². The van der Waals surface area contributed by atoms with Crippen LogP contribution in [-0.2, 0) is 6.54 Å². The van der Waals surface area contributed by atoms with E-state index in [2.05, 4.69) is 19.2 Å². The molecule has 112 valence electrons. The smallest absolute Gasteiger partial charge is 0.254 e. The van der Waals surface area contributed by atoms with E-state index in [-0.39, 0.29) is 11.9 Å². The average Bonchev–Trinajstić information content (AvgIpc) is 2.96. The van der Waals surface area contributed by atoms with Gasteiger partial charge in [-0.25, -0.2) is 0 Å². The van der Waals surface area contributed by atoms with Gasteiger partial charge >= 0.3 is 0 Å². The lowest BCUT2D eigenvalue weighted by Crippen LogP contribution is -2.40. The van der Waals surface area contributed by atoms with Crippen LogP contribution >= 0.6 is 0 Å². The molecule has 2 unspecified atom stereocenters. The lowest BCUT2D eigenvalue weighted by molar-refractivity contribution is 0.0911. The first-order valence-electron chi connectivity index (χ1n) is 7.70. The highest BCUT2D eigenvalue weighted by Gasteiger charge is 2.25. The van der Waals surface area contributed by atoms with Crippen molar-refractivity contribution in [1.29, 1.82) is 0 Å². The quantitative estimate of drug-likeness (QED) is 0.869. The van der Waals surface area contributed by atoms with Crippen LogP contribution in [0.5, 0.6) is 0 Å². The van der Waals surface area contributed by atoms with Crippen molar-refractivity contribution in [2.24, 2.45) is 17.6 Å². The minimum absolute atomic E-state index is 0.0661. The minimum Gasteiger partial charge on any atom is -0.467 e. The van der Waals surface area contributed by atoms with Crippen molar-refractivity contribution < 1.29 is 9.21 Å². The lowest BCUT2D eigenvalue weighted by Gasteiger charge is -2.32. The van der Waals surface area contributed by atoms with Crippen LogP contribution in [0.2, 0.25) is 0 Å². The van der Waals surface area contributed by atoms with Crippen LogP contribution in [0, 0.1) is 11.8 Å². The van der Waals surface area contributed by atoms with Crippen LogP contribution in [0.1, 0.15) is 62.1 Å². The molecule has 4 nitrogen and oxygen atoms in total. The van der Waals surface area contributed by atoms with Crippen molar-refractivity contribution in [2.45, 2.75) is 58.5 Å². The Morgan fingerprint density at radius 3 is 2.70 bits per heavy atom. The molecule has 1 amide bonds. The topological polar surface area (TPSA) is 68.3 Å². The van der Waals surface area contributed by atoms with E-state index in [0.29, 0.717) is 23.8 Å². The summed E-state index contributed by atoms with van der Waals surface area (Å²) in [7, 11) is 0. The molecule has 0 spiro atoms. The van der Waals surface area contributed by atoms with E-state index >= 15 is 0 Å². The molecular weight excluding hydrogens is 252 g/mol. The lowest BCUT2D eigenvalue weighted by atomic mass is 9.78. The Balaban J connectivity index is 1.89. The molecule has 1 heterocycles. The molecule has 20 heavy (non-hydrogen) atoms. The van der Waals surface area contributed by atoms with E-state index in [4.69, 9.17) is 10.2 Å². The third-order valence-corrected chi connectivity index (χ3v) is 4.66. The highest BCUT2D eigenvalue weighted by molar-refractivity contribution is 5.94. The predicted octanol–water partition coefficient (Wildman–Crippen LogP) is 3.07. The van der Waals surface area contributed by atoms with Gasteiger partial charge in [0.05, 0.1) is 12.1 Å². The van der Waals surface area contributed by atoms with Crippen molar-refractivity contribution in [1.82, 2.24) is 5.32 Å². The third kappa shape index (κ3) is 3.63. The number of hydrogen-bond donors (Lipinski definition) is 2. The van der Waals surface area contributed by atoms with Crippen molar-refractivity contribution in [2.75, 3.05) is 0 Å². The second-order valence-electron chi connectivity index (χ2n) is 6.03. The standard InChI is InChI=1S/C16H26N2O2/c1-11(13-6-4-3-5-7-13)12(2)18-16(19)14-8-15(9-17)20-10-14/h8,10-13H,3-7,9,17H2,1-2H3,(H,18,19). The first-order chi connectivity index (χ1) is 9.61. The molecule has 0 aliphatic heterocycles. The minimum atomic E-state index is -0.0661. The average molecular weight is 278 g/mol. The van der Waals surface area contributed by atoms with Crippen molar-refractivity contribution in [3.05, 3.63) is 23.7 Å². The summed E-state index contributed by atoms with van der Waals surface area (Å²) < 4.78 is 5.21. The highest BCUT2D eigenvalue weighted by Crippen LogP contribution is 2.31. The molecule has 2 atom stereocenters. The Labute approximate surface area is 121 Å². The number of hydrogen-bond acceptors (Lipinski definition) is 3. The summed E-state index contributed by atoms with van der Waals surface area (Å²) in [6.45, 7) is 4.67. The fraction of sp³-hybridized carbons (Fsp3) is 0.688. The maximum Gasteiger partial charge on any atom is 0.254 e. The maximum atomic E-state index is 12.2. The Bertz CT molecular complexity index is 435. The monoisotopic (exact) mass is 278 g/mol. The zero-order chi connectivity index (χ0) is 14.5. The highest BCUT2D eigenvalue weighted by atomic mass is 16.3. The van der Waals surface area contributed by atoms with E-state index < -0.39 is 0 Å². The first kappa shape index (κ1) is 15.1. The summed E-state index contributed by atoms with van der Waals surface area (Å²) in [4.78, 5) is 12.2. The van der Waals surface area contributed by atoms with E-state index in [1.54, 1.807) is 6.07 Å². The number of carbonyl (C=O) groups is 1. The zero-order valence-electron chi connectivity index (χ0n) is 12.5. The molecule has 4 heteroatoms. The Morgan fingerprint density at radius 2 is 2.10 bits per heavy atom. The Morgan fingerprint density at radius 1 is 1.40 bits per heavy atom. The second kappa shape index (κ2) is 6.93. The Hall–Kier alpha value is -1.29. The van der Waals surface area contributed by atoms with Gasteiger partial charge in [-0.15, -0.1) is 0 Å². The molecule has 3 N–H and O–H groups in total. The fourth-order valence-corrected chi connectivity index (χ4v) is 3.10. The van der Waals surface area contributed by atoms with E-state index in [0.717, 1.165) is 5.92 Å². The van der Waals surface area contributed by atoms with Crippen LogP contribution < -0.4 is 11.1 Å². The summed E-state index contributed by atoms with van der Waals surface area (Å²) in [5, 5.41) is 3.09. The number of rotatable bonds is 5. The fourth-order valence-electron chi connectivity index (χ4n) is 3.10. The van der Waals surface area contributed by atoms with Crippen LogP contribution in [0.15, 0.2) is 16.7 Å². The van der Waals surface area contributed by atoms with Crippen molar-refractivity contribution in [3.63, 3.8) is 0 Å². The number of amides is 1. The Kier molecular flexibility index (Phi) is 5.24. The summed E-state index contributed by atoms with van der Waals surface area (Å²) in [5.41, 5.74) is 6.05. The van der Waals surface area contributed by atoms with Crippen LogP contribution in [0.4, 0.5) is 0 Å². The molecule has 0 saturated heterocycles. The number of nitrogens with two attached hydrogens (primary N) is 1. The second-order valence-corrected chi connectivity index (χ2v) is 6.03. The van der Waals surface area contributed by atoms with Gasteiger partial charge in [0.15, 0.2) is 0 Å². The number of carbonyl (C=O) groups excluding carboxylic acids is 1. The van der Waals surface area contributed by atoms with E-state index in [1.807, 2.05) is 0 Å². The largest absolute Gasteiger partial charge is 0.467 e. The van der Waals surface area contributed by atoms with Gasteiger partial charge in [-0.1, -0.05) is 39.0 Å². The van der Waals surface area contributed by atoms with E-state index in [9.17, 15) is 4.79 Å². The van der Waals surface area contributed by atoms with E-state index in [1.165, 1.54) is 38.4 Å². The number of furan rings is 1. The molecule has 1 saturated carbocycles. The molecule has 1 aliphatic rings. The van der Waals surface area contributed by atoms with Crippen molar-refractivity contribution in [3.8, 4) is 0 Å². The van der Waals surface area contributed by atoms with Crippen LogP contribution in [0.25, 0.3) is 0 Å². The predicted molar refractivity (Wildman–Crippen MR) is 79.3 cm³/mol. The van der Waals surface area contributed by atoms with Gasteiger partial charge in [0.25, 0.3) is 5.91 Å². The molecule has 1 aromatic heterocycles. The first-order valence-corrected chi connectivity index (χ1v) is 7.70. The summed E-state index contributed by atoms with van der Waals surface area (Å²) in [6.07, 6.45) is 8.10. The van der Waals surface area contributed by atoms with Crippen molar-refractivity contribution >= 4 is 5.91 Å². The summed E-state index contributed by atoms with van der Waals surface area (Å²) >= 11 is 0.